The van der Waals surface area contributed by atoms with Crippen LogP contribution in [0.15, 0.2) is 35.7 Å². The first-order chi connectivity index (χ1) is 10.4. The Morgan fingerprint density at radius 3 is 2.36 bits per heavy atom. The molecule has 2 atom stereocenters. The second-order valence-corrected chi connectivity index (χ2v) is 7.58. The van der Waals surface area contributed by atoms with E-state index in [1.807, 2.05) is 18.2 Å². The summed E-state index contributed by atoms with van der Waals surface area (Å²) in [5.41, 5.74) is 0.764. The molecule has 1 aliphatic heterocycles. The van der Waals surface area contributed by atoms with Crippen molar-refractivity contribution in [3.63, 3.8) is 0 Å². The van der Waals surface area contributed by atoms with Gasteiger partial charge in [-0.1, -0.05) is 44.2 Å². The highest BCUT2D eigenvalue weighted by atomic mass is 32.2. The summed E-state index contributed by atoms with van der Waals surface area (Å²) in [6.45, 7) is 5.32. The fraction of sp³-hybridized carbons (Fsp3) is 0.438. The zero-order chi connectivity index (χ0) is 16.2. The van der Waals surface area contributed by atoms with E-state index in [1.54, 1.807) is 17.0 Å². The minimum atomic E-state index is -3.79. The fourth-order valence-corrected chi connectivity index (χ4v) is 3.56. The van der Waals surface area contributed by atoms with E-state index in [-0.39, 0.29) is 0 Å². The summed E-state index contributed by atoms with van der Waals surface area (Å²) in [7, 11) is -3.79. The summed E-state index contributed by atoms with van der Waals surface area (Å²) in [6, 6.07) is 8.54. The van der Waals surface area contributed by atoms with Crippen molar-refractivity contribution < 1.29 is 13.2 Å². The molecule has 6 heteroatoms. The fourth-order valence-electron chi connectivity index (χ4n) is 2.78. The highest BCUT2D eigenvalue weighted by molar-refractivity contribution is 7.93. The van der Waals surface area contributed by atoms with Crippen LogP contribution < -0.4 is 4.72 Å². The third-order valence-electron chi connectivity index (χ3n) is 3.62. The monoisotopic (exact) mass is 322 g/mol. The maximum absolute atomic E-state index is 12.1. The van der Waals surface area contributed by atoms with Gasteiger partial charge in [-0.05, 0) is 29.9 Å². The number of benzene rings is 1. The molecule has 1 saturated heterocycles. The summed E-state index contributed by atoms with van der Waals surface area (Å²) in [4.78, 5) is 13.7. The molecule has 1 N–H and O–H groups in total. The molecule has 22 heavy (non-hydrogen) atoms. The molecule has 2 rings (SSSR count). The molecule has 1 fully saturated rings. The number of hydrogen-bond donors (Lipinski definition) is 1. The molecule has 2 amide bonds. The molecule has 120 valence electrons. The molecule has 1 aliphatic rings. The number of nitrogens with one attached hydrogen (secondary N) is 1. The largest absolute Gasteiger partial charge is 0.331 e. The maximum Gasteiger partial charge on any atom is 0.331 e. The number of amides is 2. The van der Waals surface area contributed by atoms with Crippen LogP contribution in [0.25, 0.3) is 6.08 Å². The number of sulfonamides is 1. The molecule has 1 aromatic rings. The van der Waals surface area contributed by atoms with Crippen LogP contribution in [0.4, 0.5) is 4.79 Å². The van der Waals surface area contributed by atoms with E-state index < -0.39 is 16.1 Å². The molecule has 1 aromatic carbocycles. The van der Waals surface area contributed by atoms with Crippen LogP contribution in [-0.4, -0.2) is 32.4 Å². The average Bonchev–Trinajstić information content (AvgIpc) is 2.45. The maximum atomic E-state index is 12.1. The lowest BCUT2D eigenvalue weighted by molar-refractivity contribution is 0.150. The molecule has 2 unspecified atom stereocenters. The highest BCUT2D eigenvalue weighted by Crippen LogP contribution is 2.20. The van der Waals surface area contributed by atoms with Crippen LogP contribution >= 0.6 is 0 Å². The number of rotatable bonds is 3. The van der Waals surface area contributed by atoms with Crippen molar-refractivity contribution in [2.75, 3.05) is 13.1 Å². The molecular formula is C16H22N2O3S. The van der Waals surface area contributed by atoms with Gasteiger partial charge >= 0.3 is 6.03 Å². The van der Waals surface area contributed by atoms with Gasteiger partial charge in [0.1, 0.15) is 0 Å². The molecule has 0 saturated carbocycles. The minimum Gasteiger partial charge on any atom is -0.323 e. The van der Waals surface area contributed by atoms with Gasteiger partial charge in [-0.15, -0.1) is 0 Å². The lowest BCUT2D eigenvalue weighted by atomic mass is 9.92. The summed E-state index contributed by atoms with van der Waals surface area (Å²) in [5.74, 6) is 0.772. The SMILES string of the molecule is CC1CC(C)CN(C(=O)NS(=O)(=O)/C=C/c2ccccc2)C1. The van der Waals surface area contributed by atoms with Crippen LogP contribution in [0.1, 0.15) is 25.8 Å². The van der Waals surface area contributed by atoms with Crippen LogP contribution in [0.5, 0.6) is 0 Å². The number of urea groups is 1. The van der Waals surface area contributed by atoms with E-state index in [2.05, 4.69) is 18.6 Å². The average molecular weight is 322 g/mol. The van der Waals surface area contributed by atoms with Crippen molar-refractivity contribution >= 4 is 22.1 Å². The first kappa shape index (κ1) is 16.5. The van der Waals surface area contributed by atoms with Gasteiger partial charge in [0.25, 0.3) is 10.0 Å². The Morgan fingerprint density at radius 2 is 1.77 bits per heavy atom. The van der Waals surface area contributed by atoms with E-state index in [0.29, 0.717) is 24.9 Å². The van der Waals surface area contributed by atoms with E-state index >= 15 is 0 Å². The normalized spacial score (nSPS) is 22.7. The predicted molar refractivity (Wildman–Crippen MR) is 87.4 cm³/mol. The third kappa shape index (κ3) is 4.87. The Hall–Kier alpha value is -1.82. The first-order valence-electron chi connectivity index (χ1n) is 7.40. The zero-order valence-electron chi connectivity index (χ0n) is 12.9. The van der Waals surface area contributed by atoms with Gasteiger partial charge in [0.05, 0.1) is 5.41 Å². The zero-order valence-corrected chi connectivity index (χ0v) is 13.7. The van der Waals surface area contributed by atoms with Gasteiger partial charge in [-0.3, -0.25) is 0 Å². The van der Waals surface area contributed by atoms with Gasteiger partial charge in [-0.25, -0.2) is 17.9 Å². The standard InChI is InChI=1S/C16H22N2O3S/c1-13-10-14(2)12-18(11-13)16(19)17-22(20,21)9-8-15-6-4-3-5-7-15/h3-9,13-14H,10-12H2,1-2H3,(H,17,19)/b9-8+. The Labute approximate surface area is 132 Å². The van der Waals surface area contributed by atoms with E-state index in [4.69, 9.17) is 0 Å². The number of nitrogens with zero attached hydrogens (tertiary/aromatic N) is 1. The second kappa shape index (κ2) is 6.96. The van der Waals surface area contributed by atoms with E-state index in [9.17, 15) is 13.2 Å². The number of piperidine rings is 1. The summed E-state index contributed by atoms with van der Waals surface area (Å²) in [5, 5.41) is 1.02. The molecule has 1 heterocycles. The van der Waals surface area contributed by atoms with E-state index in [0.717, 1.165) is 17.4 Å². The second-order valence-electron chi connectivity index (χ2n) is 6.02. The quantitative estimate of drug-likeness (QED) is 0.930. The molecular weight excluding hydrogens is 300 g/mol. The Bertz CT molecular complexity index is 631. The number of hydrogen-bond acceptors (Lipinski definition) is 3. The first-order valence-corrected chi connectivity index (χ1v) is 8.95. The van der Waals surface area contributed by atoms with Gasteiger partial charge < -0.3 is 4.90 Å². The van der Waals surface area contributed by atoms with Crippen LogP contribution in [0.3, 0.4) is 0 Å². The Balaban J connectivity index is 1.99. The molecule has 0 bridgehead atoms. The molecule has 0 aliphatic carbocycles. The molecule has 5 nitrogen and oxygen atoms in total. The van der Waals surface area contributed by atoms with Gasteiger partial charge in [-0.2, -0.15) is 0 Å². The van der Waals surface area contributed by atoms with Crippen LogP contribution in [-0.2, 0) is 10.0 Å². The lowest BCUT2D eigenvalue weighted by Gasteiger charge is -2.34. The third-order valence-corrected chi connectivity index (χ3v) is 4.58. The summed E-state index contributed by atoms with van der Waals surface area (Å²) in [6.07, 6.45) is 2.53. The predicted octanol–water partition coefficient (Wildman–Crippen LogP) is 2.67. The van der Waals surface area contributed by atoms with Crippen molar-refractivity contribution in [2.24, 2.45) is 11.8 Å². The van der Waals surface area contributed by atoms with Crippen molar-refractivity contribution in [2.45, 2.75) is 20.3 Å². The van der Waals surface area contributed by atoms with Gasteiger partial charge in [0, 0.05) is 13.1 Å². The topological polar surface area (TPSA) is 66.5 Å². The van der Waals surface area contributed by atoms with E-state index in [1.165, 1.54) is 6.08 Å². The van der Waals surface area contributed by atoms with Gasteiger partial charge in [0.15, 0.2) is 0 Å². The minimum absolute atomic E-state index is 0.386. The van der Waals surface area contributed by atoms with Crippen LogP contribution in [0, 0.1) is 11.8 Å². The molecule has 0 aromatic heterocycles. The van der Waals surface area contributed by atoms with Gasteiger partial charge in [0.2, 0.25) is 0 Å². The molecule has 0 spiro atoms. The molecule has 0 radical (unpaired) electrons. The van der Waals surface area contributed by atoms with Crippen molar-refractivity contribution in [1.29, 1.82) is 0 Å². The number of carbonyl (C=O) groups is 1. The highest BCUT2D eigenvalue weighted by Gasteiger charge is 2.27. The van der Waals surface area contributed by atoms with Crippen molar-refractivity contribution in [3.8, 4) is 0 Å². The van der Waals surface area contributed by atoms with Crippen molar-refractivity contribution in [1.82, 2.24) is 9.62 Å². The number of likely N-dealkylation sites (tertiary alicyclic amines) is 1. The summed E-state index contributed by atoms with van der Waals surface area (Å²) < 4.78 is 26.1. The Kier molecular flexibility index (Phi) is 5.24. The Morgan fingerprint density at radius 1 is 1.18 bits per heavy atom. The summed E-state index contributed by atoms with van der Waals surface area (Å²) >= 11 is 0. The number of carbonyl (C=O) groups excluding carboxylic acids is 1. The van der Waals surface area contributed by atoms with Crippen LogP contribution in [0.2, 0.25) is 0 Å². The smallest absolute Gasteiger partial charge is 0.323 e. The lowest BCUT2D eigenvalue weighted by Crippen LogP contribution is -2.48. The van der Waals surface area contributed by atoms with Crippen molar-refractivity contribution in [3.05, 3.63) is 41.3 Å².